The van der Waals surface area contributed by atoms with Crippen molar-refractivity contribution in [2.75, 3.05) is 13.1 Å². The fraction of sp³-hybridized carbons (Fsp3) is 0.615. The highest BCUT2D eigenvalue weighted by Gasteiger charge is 2.49. The van der Waals surface area contributed by atoms with Gasteiger partial charge in [0.25, 0.3) is 5.91 Å². The summed E-state index contributed by atoms with van der Waals surface area (Å²) in [4.78, 5) is 18.7. The normalized spacial score (nSPS) is 32.0. The standard InChI is InChI=1S/C13H15FN4OS/c1-7-2-3-11(20-7)13(19)18-5-8-4-10(14)12(16-17-15)9(8)6-18/h2-3,8-10,12H,4-6H2,1H3/t8-,9+,10+,12-/m0/s1. The number of carbonyl (C=O) groups excluding carboxylic acids is 1. The summed E-state index contributed by atoms with van der Waals surface area (Å²) >= 11 is 1.48. The Hall–Kier alpha value is -1.59. The van der Waals surface area contributed by atoms with E-state index in [1.54, 1.807) is 4.90 Å². The van der Waals surface area contributed by atoms with E-state index < -0.39 is 12.2 Å². The molecule has 0 bridgehead atoms. The lowest BCUT2D eigenvalue weighted by molar-refractivity contribution is 0.0778. The third-order valence-electron chi connectivity index (χ3n) is 4.25. The summed E-state index contributed by atoms with van der Waals surface area (Å²) in [5.41, 5.74) is 8.53. The summed E-state index contributed by atoms with van der Waals surface area (Å²) in [6.07, 6.45) is -0.677. The highest BCUT2D eigenvalue weighted by molar-refractivity contribution is 7.13. The number of alkyl halides is 1. The lowest BCUT2D eigenvalue weighted by Gasteiger charge is -2.19. The smallest absolute Gasteiger partial charge is 0.263 e. The van der Waals surface area contributed by atoms with Crippen LogP contribution in [0.15, 0.2) is 17.2 Å². The van der Waals surface area contributed by atoms with E-state index in [0.29, 0.717) is 19.5 Å². The molecule has 1 aromatic rings. The Morgan fingerprint density at radius 2 is 2.35 bits per heavy atom. The van der Waals surface area contributed by atoms with Crippen molar-refractivity contribution in [3.8, 4) is 0 Å². The fourth-order valence-corrected chi connectivity index (χ4v) is 4.15. The molecule has 7 heteroatoms. The first kappa shape index (κ1) is 13.4. The maximum Gasteiger partial charge on any atom is 0.263 e. The van der Waals surface area contributed by atoms with Gasteiger partial charge in [-0.25, -0.2) is 4.39 Å². The van der Waals surface area contributed by atoms with Crippen LogP contribution in [0.3, 0.4) is 0 Å². The topological polar surface area (TPSA) is 69.1 Å². The highest BCUT2D eigenvalue weighted by atomic mass is 32.1. The van der Waals surface area contributed by atoms with Crippen molar-refractivity contribution >= 4 is 17.2 Å². The average molecular weight is 294 g/mol. The van der Waals surface area contributed by atoms with Crippen LogP contribution in [0.2, 0.25) is 0 Å². The molecule has 1 aliphatic heterocycles. The van der Waals surface area contributed by atoms with Gasteiger partial charge >= 0.3 is 0 Å². The van der Waals surface area contributed by atoms with Gasteiger partial charge in [0.1, 0.15) is 6.17 Å². The van der Waals surface area contributed by atoms with E-state index in [1.807, 2.05) is 19.1 Å². The summed E-state index contributed by atoms with van der Waals surface area (Å²) in [5.74, 6) is 0.0870. The van der Waals surface area contributed by atoms with E-state index in [2.05, 4.69) is 10.0 Å². The van der Waals surface area contributed by atoms with Crippen LogP contribution in [0.5, 0.6) is 0 Å². The molecular weight excluding hydrogens is 279 g/mol. The van der Waals surface area contributed by atoms with E-state index >= 15 is 0 Å². The molecule has 5 nitrogen and oxygen atoms in total. The highest BCUT2D eigenvalue weighted by Crippen LogP contribution is 2.42. The number of halogens is 1. The number of hydrogen-bond acceptors (Lipinski definition) is 3. The van der Waals surface area contributed by atoms with Gasteiger partial charge in [0, 0.05) is 22.9 Å². The molecule has 0 N–H and O–H groups in total. The van der Waals surface area contributed by atoms with Gasteiger partial charge in [0.05, 0.1) is 10.9 Å². The first-order chi connectivity index (χ1) is 9.60. The van der Waals surface area contributed by atoms with Gasteiger partial charge in [-0.1, -0.05) is 5.11 Å². The molecule has 1 aromatic heterocycles. The van der Waals surface area contributed by atoms with Gasteiger partial charge in [-0.05, 0) is 42.8 Å². The molecule has 1 aliphatic carbocycles. The first-order valence-electron chi connectivity index (χ1n) is 6.64. The molecule has 3 rings (SSSR count). The third-order valence-corrected chi connectivity index (χ3v) is 5.24. The minimum atomic E-state index is -1.07. The maximum absolute atomic E-state index is 13.8. The number of nitrogens with zero attached hydrogens (tertiary/aromatic N) is 4. The Kier molecular flexibility index (Phi) is 3.40. The zero-order chi connectivity index (χ0) is 14.3. The van der Waals surface area contributed by atoms with Gasteiger partial charge in [0.15, 0.2) is 0 Å². The van der Waals surface area contributed by atoms with Crippen molar-refractivity contribution in [3.05, 3.63) is 32.3 Å². The van der Waals surface area contributed by atoms with Gasteiger partial charge in [-0.2, -0.15) is 0 Å². The lowest BCUT2D eigenvalue weighted by Crippen LogP contribution is -2.32. The van der Waals surface area contributed by atoms with Crippen molar-refractivity contribution in [2.24, 2.45) is 17.0 Å². The summed E-state index contributed by atoms with van der Waals surface area (Å²) in [7, 11) is 0. The fourth-order valence-electron chi connectivity index (χ4n) is 3.32. The molecule has 2 heterocycles. The quantitative estimate of drug-likeness (QED) is 0.469. The summed E-state index contributed by atoms with van der Waals surface area (Å²) in [6, 6.07) is 3.14. The first-order valence-corrected chi connectivity index (χ1v) is 7.46. The Bertz CT molecular complexity index is 583. The van der Waals surface area contributed by atoms with E-state index in [9.17, 15) is 9.18 Å². The SMILES string of the molecule is Cc1ccc(C(=O)N2C[C@@H]3C[C@@H](F)[C@@H](N=[N+]=[N-])[C@@H]3C2)s1. The Morgan fingerprint density at radius 1 is 1.55 bits per heavy atom. The molecule has 0 aromatic carbocycles. The number of amides is 1. The second-order valence-corrected chi connectivity index (χ2v) is 6.78. The van der Waals surface area contributed by atoms with Crippen LogP contribution >= 0.6 is 11.3 Å². The summed E-state index contributed by atoms with van der Waals surface area (Å²) in [6.45, 7) is 3.02. The predicted molar refractivity (Wildman–Crippen MR) is 74.4 cm³/mol. The molecule has 1 saturated carbocycles. The number of likely N-dealkylation sites (tertiary alicyclic amines) is 1. The Balaban J connectivity index is 1.74. The minimum Gasteiger partial charge on any atom is -0.337 e. The van der Waals surface area contributed by atoms with Crippen LogP contribution < -0.4 is 0 Å². The number of azide groups is 1. The van der Waals surface area contributed by atoms with E-state index in [1.165, 1.54) is 11.3 Å². The number of aryl methyl sites for hydroxylation is 1. The Morgan fingerprint density at radius 3 is 3.00 bits per heavy atom. The van der Waals surface area contributed by atoms with Crippen LogP contribution in [0, 0.1) is 18.8 Å². The molecule has 0 radical (unpaired) electrons. The monoisotopic (exact) mass is 294 g/mol. The van der Waals surface area contributed by atoms with Crippen LogP contribution in [0.4, 0.5) is 4.39 Å². The van der Waals surface area contributed by atoms with Crippen LogP contribution in [-0.4, -0.2) is 36.1 Å². The Labute approximate surface area is 120 Å². The summed E-state index contributed by atoms with van der Waals surface area (Å²) < 4.78 is 13.8. The summed E-state index contributed by atoms with van der Waals surface area (Å²) in [5, 5.41) is 3.59. The second kappa shape index (κ2) is 5.07. The van der Waals surface area contributed by atoms with Gasteiger partial charge in [0.2, 0.25) is 0 Å². The average Bonchev–Trinajstić information content (AvgIpc) is 3.07. The molecular formula is C13H15FN4OS. The second-order valence-electron chi connectivity index (χ2n) is 5.49. The number of carbonyl (C=O) groups is 1. The van der Waals surface area contributed by atoms with Crippen molar-refractivity contribution in [1.29, 1.82) is 0 Å². The lowest BCUT2D eigenvalue weighted by atomic mass is 9.98. The number of rotatable bonds is 2. The van der Waals surface area contributed by atoms with Crippen molar-refractivity contribution in [2.45, 2.75) is 25.6 Å². The maximum atomic E-state index is 13.8. The number of fused-ring (bicyclic) bond motifs is 1. The van der Waals surface area contributed by atoms with Gasteiger partial charge in [-0.15, -0.1) is 11.3 Å². The predicted octanol–water partition coefficient (Wildman–Crippen LogP) is 3.17. The largest absolute Gasteiger partial charge is 0.337 e. The molecule has 1 amide bonds. The van der Waals surface area contributed by atoms with Gasteiger partial charge < -0.3 is 4.90 Å². The van der Waals surface area contributed by atoms with E-state index in [4.69, 9.17) is 5.53 Å². The molecule has 0 spiro atoms. The molecule has 0 unspecified atom stereocenters. The van der Waals surface area contributed by atoms with E-state index in [-0.39, 0.29) is 17.7 Å². The molecule has 2 fully saturated rings. The van der Waals surface area contributed by atoms with Crippen LogP contribution in [0.25, 0.3) is 10.4 Å². The molecule has 1 saturated heterocycles. The molecule has 20 heavy (non-hydrogen) atoms. The van der Waals surface area contributed by atoms with Crippen LogP contribution in [0.1, 0.15) is 21.0 Å². The molecule has 2 aliphatic rings. The number of thiophene rings is 1. The van der Waals surface area contributed by atoms with Gasteiger partial charge in [-0.3, -0.25) is 4.79 Å². The zero-order valence-corrected chi connectivity index (χ0v) is 11.9. The number of hydrogen-bond donors (Lipinski definition) is 0. The zero-order valence-electron chi connectivity index (χ0n) is 11.1. The van der Waals surface area contributed by atoms with Crippen molar-refractivity contribution < 1.29 is 9.18 Å². The van der Waals surface area contributed by atoms with Crippen molar-refractivity contribution in [3.63, 3.8) is 0 Å². The van der Waals surface area contributed by atoms with Crippen LogP contribution in [-0.2, 0) is 0 Å². The molecule has 4 atom stereocenters. The molecule has 106 valence electrons. The third kappa shape index (κ3) is 2.17. The minimum absolute atomic E-state index is 0.00703. The van der Waals surface area contributed by atoms with Crippen molar-refractivity contribution in [1.82, 2.24) is 4.90 Å². The van der Waals surface area contributed by atoms with E-state index in [0.717, 1.165) is 9.75 Å².